The van der Waals surface area contributed by atoms with Crippen molar-refractivity contribution in [2.24, 2.45) is 0 Å². The maximum absolute atomic E-state index is 7.50. The molecule has 0 aromatic heterocycles. The molecule has 0 unspecified atom stereocenters. The fraction of sp³-hybridized carbons (Fsp3) is 1.00. The third-order valence-corrected chi connectivity index (χ3v) is 0.141. The van der Waals surface area contributed by atoms with Crippen LogP contribution in [0.25, 0.3) is 4.98 Å². The molecule has 0 N–H and O–H groups in total. The molecule has 0 aliphatic carbocycles. The Hall–Kier alpha value is -0.290. The van der Waals surface area contributed by atoms with Crippen LogP contribution in [0, 0.1) is 5.39 Å². The van der Waals surface area contributed by atoms with Crippen LogP contribution in [0.3, 0.4) is 0 Å². The van der Waals surface area contributed by atoms with Gasteiger partial charge < -0.3 is 12.4 Å². The summed E-state index contributed by atoms with van der Waals surface area (Å²) in [5, 5.41) is 7.50. The SMILES string of the molecule is CC[N+]#N.[Cl-]. The highest BCUT2D eigenvalue weighted by Crippen LogP contribution is 1.52. The van der Waals surface area contributed by atoms with Crippen LogP contribution < -0.4 is 12.4 Å². The van der Waals surface area contributed by atoms with Crippen molar-refractivity contribution in [2.75, 3.05) is 6.54 Å². The first-order valence-electron chi connectivity index (χ1n) is 1.22. The Kier molecular flexibility index (Phi) is 16.5. The van der Waals surface area contributed by atoms with Gasteiger partial charge in [0.2, 0.25) is 5.39 Å². The quantitative estimate of drug-likeness (QED) is 0.314. The predicted octanol–water partition coefficient (Wildman–Crippen LogP) is -2.14. The third-order valence-electron chi connectivity index (χ3n) is 0.141. The molecule has 0 radical (unpaired) electrons. The minimum Gasteiger partial charge on any atom is -1.00 e. The lowest BCUT2D eigenvalue weighted by Gasteiger charge is -1.30. The van der Waals surface area contributed by atoms with E-state index >= 15 is 0 Å². The summed E-state index contributed by atoms with van der Waals surface area (Å²) in [5.74, 6) is 0. The Balaban J connectivity index is 0. The van der Waals surface area contributed by atoms with Gasteiger partial charge in [0.1, 0.15) is 4.98 Å². The molecule has 0 aromatic carbocycles. The smallest absolute Gasteiger partial charge is 0.302 e. The van der Waals surface area contributed by atoms with Crippen molar-refractivity contribution < 1.29 is 12.4 Å². The van der Waals surface area contributed by atoms with E-state index < -0.39 is 0 Å². The molecule has 0 amide bonds. The van der Waals surface area contributed by atoms with Crippen LogP contribution in [0.1, 0.15) is 6.92 Å². The third kappa shape index (κ3) is 21.5. The van der Waals surface area contributed by atoms with Gasteiger partial charge in [-0.3, -0.25) is 0 Å². The maximum atomic E-state index is 7.50. The molecule has 0 spiro atoms. The van der Waals surface area contributed by atoms with Crippen molar-refractivity contribution in [1.29, 1.82) is 5.39 Å². The lowest BCUT2D eigenvalue weighted by atomic mass is 10.8. The van der Waals surface area contributed by atoms with Crippen molar-refractivity contribution in [2.45, 2.75) is 6.92 Å². The van der Waals surface area contributed by atoms with E-state index in [-0.39, 0.29) is 12.4 Å². The molecule has 0 saturated carbocycles. The second kappa shape index (κ2) is 9.32. The zero-order chi connectivity index (χ0) is 3.41. The Labute approximate surface area is 37.2 Å². The average Bonchev–Trinajstić information content (AvgIpc) is 1.37. The summed E-state index contributed by atoms with van der Waals surface area (Å²) in [6.07, 6.45) is 0. The minimum atomic E-state index is 0. The molecule has 0 bridgehead atoms. The first-order valence-corrected chi connectivity index (χ1v) is 1.22. The van der Waals surface area contributed by atoms with Crippen LogP contribution in [-0.4, -0.2) is 6.54 Å². The summed E-state index contributed by atoms with van der Waals surface area (Å²) in [6, 6.07) is 0. The molecular formula is C2H5ClN2. The van der Waals surface area contributed by atoms with Gasteiger partial charge in [-0.2, -0.15) is 0 Å². The fourth-order valence-electron chi connectivity index (χ4n) is 0. The molecule has 0 fully saturated rings. The molecule has 3 heteroatoms. The summed E-state index contributed by atoms with van der Waals surface area (Å²) in [4.78, 5) is 2.74. The first kappa shape index (κ1) is 8.83. The molecule has 0 saturated heterocycles. The molecule has 0 heterocycles. The Bertz CT molecular complexity index is 37.4. The van der Waals surface area contributed by atoms with Crippen LogP contribution in [0.5, 0.6) is 0 Å². The van der Waals surface area contributed by atoms with Gasteiger partial charge in [-0.15, -0.1) is 0 Å². The summed E-state index contributed by atoms with van der Waals surface area (Å²) in [6.45, 7) is 2.26. The van der Waals surface area contributed by atoms with Crippen molar-refractivity contribution in [1.82, 2.24) is 0 Å². The monoisotopic (exact) mass is 92.0 g/mol. The van der Waals surface area contributed by atoms with E-state index in [4.69, 9.17) is 5.39 Å². The van der Waals surface area contributed by atoms with Gasteiger partial charge in [0, 0.05) is 6.92 Å². The second-order valence-corrected chi connectivity index (χ2v) is 0.458. The zero-order valence-electron chi connectivity index (χ0n) is 2.98. The molecule has 0 aliphatic heterocycles. The number of diazo groups is 1. The summed E-state index contributed by atoms with van der Waals surface area (Å²) in [7, 11) is 0. The molecular weight excluding hydrogens is 87.5 g/mol. The van der Waals surface area contributed by atoms with Crippen molar-refractivity contribution in [3.8, 4) is 0 Å². The number of halogens is 1. The lowest BCUT2D eigenvalue weighted by Crippen LogP contribution is -3.00. The molecule has 5 heavy (non-hydrogen) atoms. The molecule has 30 valence electrons. The van der Waals surface area contributed by atoms with Gasteiger partial charge in [-0.05, 0) is 0 Å². The van der Waals surface area contributed by atoms with Gasteiger partial charge >= 0.3 is 6.54 Å². The van der Waals surface area contributed by atoms with E-state index in [0.29, 0.717) is 6.54 Å². The van der Waals surface area contributed by atoms with Gasteiger partial charge in [0.25, 0.3) is 0 Å². The largest absolute Gasteiger partial charge is 1.00 e. The molecule has 0 rings (SSSR count). The lowest BCUT2D eigenvalue weighted by molar-refractivity contribution is -0.00000119. The zero-order valence-corrected chi connectivity index (χ0v) is 3.74. The predicted molar refractivity (Wildman–Crippen MR) is 15.6 cm³/mol. The number of rotatable bonds is 0. The van der Waals surface area contributed by atoms with Crippen LogP contribution in [0.15, 0.2) is 0 Å². The highest BCUT2D eigenvalue weighted by Gasteiger charge is 1.67. The highest BCUT2D eigenvalue weighted by molar-refractivity contribution is 4.39. The van der Waals surface area contributed by atoms with Crippen LogP contribution in [0.2, 0.25) is 0 Å². The van der Waals surface area contributed by atoms with Crippen LogP contribution in [-0.2, 0) is 0 Å². The van der Waals surface area contributed by atoms with Gasteiger partial charge in [0.15, 0.2) is 0 Å². The summed E-state index contributed by atoms with van der Waals surface area (Å²) >= 11 is 0. The van der Waals surface area contributed by atoms with E-state index in [2.05, 4.69) is 4.98 Å². The summed E-state index contributed by atoms with van der Waals surface area (Å²) in [5.41, 5.74) is 0. The maximum Gasteiger partial charge on any atom is 0.302 e. The van der Waals surface area contributed by atoms with Gasteiger partial charge in [-0.1, -0.05) is 0 Å². The number of nitrogens with zero attached hydrogens (tertiary/aromatic N) is 2. The standard InChI is InChI=1S/C2H5N2.ClH/c1-2-4-3;/h2H2,1H3;1H/q+1;/p-1. The van der Waals surface area contributed by atoms with E-state index in [1.807, 2.05) is 0 Å². The van der Waals surface area contributed by atoms with Crippen molar-refractivity contribution >= 4 is 0 Å². The second-order valence-electron chi connectivity index (χ2n) is 0.458. The van der Waals surface area contributed by atoms with Crippen LogP contribution >= 0.6 is 0 Å². The molecule has 0 aliphatic rings. The summed E-state index contributed by atoms with van der Waals surface area (Å²) < 4.78 is 0. The van der Waals surface area contributed by atoms with Crippen LogP contribution in [0.4, 0.5) is 0 Å². The van der Waals surface area contributed by atoms with E-state index in [0.717, 1.165) is 0 Å². The van der Waals surface area contributed by atoms with Gasteiger partial charge in [0.05, 0.1) is 0 Å². The minimum absolute atomic E-state index is 0. The molecule has 0 aromatic rings. The van der Waals surface area contributed by atoms with E-state index in [1.54, 1.807) is 6.92 Å². The van der Waals surface area contributed by atoms with E-state index in [1.165, 1.54) is 0 Å². The van der Waals surface area contributed by atoms with Gasteiger partial charge in [-0.25, -0.2) is 0 Å². The number of hydrogen-bond acceptors (Lipinski definition) is 1. The molecule has 2 nitrogen and oxygen atoms in total. The Morgan fingerprint density at radius 3 is 2.00 bits per heavy atom. The highest BCUT2D eigenvalue weighted by atomic mass is 35.5. The fourth-order valence-corrected chi connectivity index (χ4v) is 0. The Morgan fingerprint density at radius 1 is 1.80 bits per heavy atom. The normalized spacial score (nSPS) is 4.00. The van der Waals surface area contributed by atoms with E-state index in [9.17, 15) is 0 Å². The average molecular weight is 92.5 g/mol. The van der Waals surface area contributed by atoms with Crippen molar-refractivity contribution in [3.63, 3.8) is 0 Å². The van der Waals surface area contributed by atoms with Crippen molar-refractivity contribution in [3.05, 3.63) is 4.98 Å². The Morgan fingerprint density at radius 2 is 2.00 bits per heavy atom. The first-order chi connectivity index (χ1) is 1.91. The molecule has 0 atom stereocenters. The topological polar surface area (TPSA) is 28.1 Å². The number of hydrogen-bond donors (Lipinski definition) is 0.